The summed E-state index contributed by atoms with van der Waals surface area (Å²) in [4.78, 5) is 13.2. The highest BCUT2D eigenvalue weighted by Gasteiger charge is 2.62. The molecule has 3 rings (SSSR count). The van der Waals surface area contributed by atoms with Crippen LogP contribution < -0.4 is 19.9 Å². The number of methoxy groups -OCH3 is 3. The summed E-state index contributed by atoms with van der Waals surface area (Å²) in [6, 6.07) is 7.98. The molecule has 6 heteroatoms. The Balaban J connectivity index is 1.97. The number of carbonyl (C=O) groups is 1. The Hall–Kier alpha value is -2.76. The predicted molar refractivity (Wildman–Crippen MR) is 101 cm³/mol. The van der Waals surface area contributed by atoms with E-state index in [2.05, 4.69) is 0 Å². The Kier molecular flexibility index (Phi) is 4.76. The first-order valence-electron chi connectivity index (χ1n) is 8.65. The molecular weight excluding hydrogens is 349 g/mol. The van der Waals surface area contributed by atoms with Crippen LogP contribution in [0.15, 0.2) is 30.3 Å². The van der Waals surface area contributed by atoms with E-state index in [1.54, 1.807) is 24.3 Å². The van der Waals surface area contributed by atoms with E-state index in [0.717, 1.165) is 5.56 Å². The largest absolute Gasteiger partial charge is 0.493 e. The zero-order chi connectivity index (χ0) is 19.9. The SMILES string of the molecule is COc1cc(C(=O)C2C(c3ccc(F)c(N)c3)C2(C)C)cc(OC)c1OC. The number of ether oxygens (including phenoxy) is 3. The molecule has 2 unspecified atom stereocenters. The highest BCUT2D eigenvalue weighted by Crippen LogP contribution is 2.65. The van der Waals surface area contributed by atoms with Crippen molar-refractivity contribution in [1.29, 1.82) is 0 Å². The van der Waals surface area contributed by atoms with Crippen LogP contribution in [0.5, 0.6) is 17.2 Å². The smallest absolute Gasteiger partial charge is 0.203 e. The maximum Gasteiger partial charge on any atom is 0.203 e. The molecule has 2 N–H and O–H groups in total. The fourth-order valence-electron chi connectivity index (χ4n) is 3.91. The number of hydrogen-bond donors (Lipinski definition) is 1. The number of Topliss-reactive ketones (excluding diaryl/α,β-unsaturated/α-hetero) is 1. The van der Waals surface area contributed by atoms with Crippen LogP contribution in [0.1, 0.15) is 35.7 Å². The van der Waals surface area contributed by atoms with E-state index >= 15 is 0 Å². The van der Waals surface area contributed by atoms with Gasteiger partial charge < -0.3 is 19.9 Å². The summed E-state index contributed by atoms with van der Waals surface area (Å²) < 4.78 is 29.5. The number of ketones is 1. The molecule has 1 aliphatic rings. The molecule has 1 fully saturated rings. The number of anilines is 1. The molecule has 0 bridgehead atoms. The van der Waals surface area contributed by atoms with Gasteiger partial charge in [0.15, 0.2) is 17.3 Å². The Labute approximate surface area is 158 Å². The van der Waals surface area contributed by atoms with Crippen molar-refractivity contribution in [3.8, 4) is 17.2 Å². The van der Waals surface area contributed by atoms with Gasteiger partial charge in [0.25, 0.3) is 0 Å². The van der Waals surface area contributed by atoms with Crippen molar-refractivity contribution >= 4 is 11.5 Å². The molecule has 1 saturated carbocycles. The van der Waals surface area contributed by atoms with Crippen LogP contribution in [0.25, 0.3) is 0 Å². The fraction of sp³-hybridized carbons (Fsp3) is 0.381. The van der Waals surface area contributed by atoms with E-state index in [4.69, 9.17) is 19.9 Å². The number of hydrogen-bond acceptors (Lipinski definition) is 5. The van der Waals surface area contributed by atoms with Gasteiger partial charge in [0.1, 0.15) is 5.82 Å². The minimum atomic E-state index is -0.454. The molecule has 5 nitrogen and oxygen atoms in total. The molecule has 0 aliphatic heterocycles. The third-order valence-electron chi connectivity index (χ3n) is 5.44. The Bertz CT molecular complexity index is 869. The molecule has 144 valence electrons. The molecule has 2 aromatic carbocycles. The lowest BCUT2D eigenvalue weighted by molar-refractivity contribution is 0.0951. The van der Waals surface area contributed by atoms with Crippen LogP contribution in [0.2, 0.25) is 0 Å². The lowest BCUT2D eigenvalue weighted by atomic mass is 10.0. The second-order valence-corrected chi connectivity index (χ2v) is 7.34. The molecule has 0 spiro atoms. The number of halogens is 1. The van der Waals surface area contributed by atoms with Gasteiger partial charge in [-0.25, -0.2) is 4.39 Å². The first kappa shape index (κ1) is 19.0. The lowest BCUT2D eigenvalue weighted by Gasteiger charge is -2.14. The minimum absolute atomic E-state index is 0.0212. The van der Waals surface area contributed by atoms with Crippen LogP contribution in [0.4, 0.5) is 10.1 Å². The molecule has 2 atom stereocenters. The zero-order valence-electron chi connectivity index (χ0n) is 16.1. The summed E-state index contributed by atoms with van der Waals surface area (Å²) in [5.41, 5.74) is 6.89. The van der Waals surface area contributed by atoms with Crippen LogP contribution in [0.3, 0.4) is 0 Å². The zero-order valence-corrected chi connectivity index (χ0v) is 16.1. The molecule has 0 radical (unpaired) electrons. The maximum absolute atomic E-state index is 13.5. The Morgan fingerprint density at radius 3 is 2.11 bits per heavy atom. The quantitative estimate of drug-likeness (QED) is 0.611. The van der Waals surface area contributed by atoms with Gasteiger partial charge >= 0.3 is 0 Å². The number of benzene rings is 2. The summed E-state index contributed by atoms with van der Waals surface area (Å²) >= 11 is 0. The number of rotatable bonds is 6. The summed E-state index contributed by atoms with van der Waals surface area (Å²) in [5.74, 6) is 0.547. The van der Waals surface area contributed by atoms with Crippen molar-refractivity contribution < 1.29 is 23.4 Å². The number of nitrogens with two attached hydrogens (primary N) is 1. The Morgan fingerprint density at radius 2 is 1.63 bits per heavy atom. The van der Waals surface area contributed by atoms with Gasteiger partial charge in [0.2, 0.25) is 5.75 Å². The number of carbonyl (C=O) groups excluding carboxylic acids is 1. The van der Waals surface area contributed by atoms with E-state index in [1.807, 2.05) is 13.8 Å². The van der Waals surface area contributed by atoms with E-state index in [9.17, 15) is 9.18 Å². The molecular formula is C21H24FNO4. The van der Waals surface area contributed by atoms with Crippen LogP contribution >= 0.6 is 0 Å². The molecule has 2 aromatic rings. The third kappa shape index (κ3) is 3.09. The van der Waals surface area contributed by atoms with Crippen molar-refractivity contribution in [3.05, 3.63) is 47.3 Å². The lowest BCUT2D eigenvalue weighted by Crippen LogP contribution is -2.08. The second-order valence-electron chi connectivity index (χ2n) is 7.34. The van der Waals surface area contributed by atoms with Gasteiger partial charge in [0.05, 0.1) is 27.0 Å². The first-order chi connectivity index (χ1) is 12.8. The summed E-state index contributed by atoms with van der Waals surface area (Å²) in [6.45, 7) is 4.05. The van der Waals surface area contributed by atoms with Crippen molar-refractivity contribution in [2.24, 2.45) is 11.3 Å². The van der Waals surface area contributed by atoms with Gasteiger partial charge in [-0.1, -0.05) is 19.9 Å². The van der Waals surface area contributed by atoms with Crippen LogP contribution in [-0.4, -0.2) is 27.1 Å². The first-order valence-corrected chi connectivity index (χ1v) is 8.65. The summed E-state index contributed by atoms with van der Waals surface area (Å²) in [7, 11) is 4.54. The maximum atomic E-state index is 13.5. The minimum Gasteiger partial charge on any atom is -0.493 e. The molecule has 1 aliphatic carbocycles. The second kappa shape index (κ2) is 6.76. The third-order valence-corrected chi connectivity index (χ3v) is 5.44. The number of nitrogen functional groups attached to an aromatic ring is 1. The van der Waals surface area contributed by atoms with E-state index < -0.39 is 5.82 Å². The van der Waals surface area contributed by atoms with Gasteiger partial charge in [-0.3, -0.25) is 4.79 Å². The summed E-state index contributed by atoms with van der Waals surface area (Å²) in [6.07, 6.45) is 0. The van der Waals surface area contributed by atoms with Gasteiger partial charge in [-0.05, 0) is 35.2 Å². The van der Waals surface area contributed by atoms with Crippen molar-refractivity contribution in [2.75, 3.05) is 27.1 Å². The average Bonchev–Trinajstić information content (AvgIpc) is 3.23. The molecule has 0 amide bonds. The Morgan fingerprint density at radius 1 is 1.04 bits per heavy atom. The van der Waals surface area contributed by atoms with Gasteiger partial charge in [-0.15, -0.1) is 0 Å². The molecule has 0 heterocycles. The van der Waals surface area contributed by atoms with E-state index in [-0.39, 0.29) is 28.7 Å². The molecule has 27 heavy (non-hydrogen) atoms. The van der Waals surface area contributed by atoms with E-state index in [1.165, 1.54) is 27.4 Å². The van der Waals surface area contributed by atoms with Gasteiger partial charge in [0, 0.05) is 17.4 Å². The van der Waals surface area contributed by atoms with Crippen molar-refractivity contribution in [2.45, 2.75) is 19.8 Å². The highest BCUT2D eigenvalue weighted by molar-refractivity contribution is 6.02. The average molecular weight is 373 g/mol. The van der Waals surface area contributed by atoms with Crippen LogP contribution in [-0.2, 0) is 0 Å². The topological polar surface area (TPSA) is 70.8 Å². The standard InChI is InChI=1S/C21H24FNO4/c1-21(2)17(11-6-7-13(22)14(23)8-11)18(21)19(24)12-9-15(25-3)20(27-5)16(10-12)26-4/h6-10,17-18H,23H2,1-5H3. The fourth-order valence-corrected chi connectivity index (χ4v) is 3.91. The predicted octanol–water partition coefficient (Wildman–Crippen LogP) is 4.06. The summed E-state index contributed by atoms with van der Waals surface area (Å²) in [5, 5.41) is 0. The van der Waals surface area contributed by atoms with Crippen LogP contribution in [0, 0.1) is 17.2 Å². The van der Waals surface area contributed by atoms with E-state index in [0.29, 0.717) is 22.8 Å². The van der Waals surface area contributed by atoms with Crippen molar-refractivity contribution in [1.82, 2.24) is 0 Å². The normalized spacial score (nSPS) is 20.1. The molecule has 0 aromatic heterocycles. The van der Waals surface area contributed by atoms with Gasteiger partial charge in [-0.2, -0.15) is 0 Å². The monoisotopic (exact) mass is 373 g/mol. The molecule has 0 saturated heterocycles. The highest BCUT2D eigenvalue weighted by atomic mass is 19.1. The van der Waals surface area contributed by atoms with Crippen molar-refractivity contribution in [3.63, 3.8) is 0 Å².